The summed E-state index contributed by atoms with van der Waals surface area (Å²) in [5.74, 6) is -0.801. The first-order valence-corrected chi connectivity index (χ1v) is 21.3. The predicted molar refractivity (Wildman–Crippen MR) is 233 cm³/mol. The van der Waals surface area contributed by atoms with E-state index >= 15 is 0 Å². The maximum atomic E-state index is 14.5. The van der Waals surface area contributed by atoms with Gasteiger partial charge in [-0.25, -0.2) is 0 Å². The highest BCUT2D eigenvalue weighted by Crippen LogP contribution is 2.37. The van der Waals surface area contributed by atoms with Crippen LogP contribution in [0, 0.1) is 0 Å². The highest BCUT2D eigenvalue weighted by Gasteiger charge is 2.45. The Kier molecular flexibility index (Phi) is 11.3. The number of nitrogens with one attached hydrogen (secondary N) is 1. The molecule has 0 spiro atoms. The van der Waals surface area contributed by atoms with Crippen LogP contribution in [0.4, 0.5) is 5.69 Å². The van der Waals surface area contributed by atoms with E-state index in [1.165, 1.54) is 5.56 Å². The van der Waals surface area contributed by atoms with Crippen molar-refractivity contribution in [2.45, 2.75) is 71.5 Å². The average Bonchev–Trinajstić information content (AvgIpc) is 3.82. The number of carbonyl (C=O) groups excluding carboxylic acids is 5. The molecule has 4 aliphatic rings. The van der Waals surface area contributed by atoms with Crippen molar-refractivity contribution in [3.63, 3.8) is 0 Å². The zero-order valence-corrected chi connectivity index (χ0v) is 35.0. The van der Waals surface area contributed by atoms with Gasteiger partial charge in [0.1, 0.15) is 30.8 Å². The fourth-order valence-electron chi connectivity index (χ4n) is 8.85. The average molecular weight is 832 g/mol. The summed E-state index contributed by atoms with van der Waals surface area (Å²) in [7, 11) is 0. The van der Waals surface area contributed by atoms with Crippen LogP contribution >= 0.6 is 0 Å². The van der Waals surface area contributed by atoms with E-state index in [0.717, 1.165) is 71.1 Å². The van der Waals surface area contributed by atoms with Gasteiger partial charge in [0.25, 0.3) is 17.7 Å². The number of rotatable bonds is 12. The Morgan fingerprint density at radius 1 is 0.694 bits per heavy atom. The van der Waals surface area contributed by atoms with Gasteiger partial charge in [0.05, 0.1) is 16.7 Å². The van der Waals surface area contributed by atoms with E-state index in [4.69, 9.17) is 9.47 Å². The molecule has 2 fully saturated rings. The van der Waals surface area contributed by atoms with Gasteiger partial charge in [-0.15, -0.1) is 0 Å². The van der Waals surface area contributed by atoms with Crippen LogP contribution in [0.2, 0.25) is 0 Å². The summed E-state index contributed by atoms with van der Waals surface area (Å²) in [5.41, 5.74) is 8.39. The zero-order valence-electron chi connectivity index (χ0n) is 35.0. The lowest BCUT2D eigenvalue weighted by Gasteiger charge is -2.36. The molecule has 1 unspecified atom stereocenters. The fraction of sp³-hybridized carbons (Fsp3) is 0.300. The molecule has 2 saturated heterocycles. The van der Waals surface area contributed by atoms with Crippen LogP contribution in [-0.2, 0) is 42.4 Å². The van der Waals surface area contributed by atoms with Crippen LogP contribution in [0.5, 0.6) is 11.5 Å². The first-order chi connectivity index (χ1) is 30.1. The molecule has 316 valence electrons. The van der Waals surface area contributed by atoms with Crippen molar-refractivity contribution in [2.24, 2.45) is 0 Å². The van der Waals surface area contributed by atoms with Gasteiger partial charge in [0.15, 0.2) is 0 Å². The molecule has 1 atom stereocenters. The SMILES string of the molecule is CC(C)c1cc(C(=O)N2Cc3ccc(CN4CCN(c5ccc6c(c5)C(=O)N(C5CCC(=O)NC5=O)C6=O)CC4)cc3C2)c(OCc2ccccc2)cc1OCc1ccccc1. The topological polar surface area (TPSA) is 129 Å². The molecule has 4 heterocycles. The molecule has 4 aliphatic heterocycles. The molecule has 0 radical (unpaired) electrons. The van der Waals surface area contributed by atoms with E-state index in [9.17, 15) is 24.0 Å². The number of piperazine rings is 1. The maximum Gasteiger partial charge on any atom is 0.262 e. The first-order valence-electron chi connectivity index (χ1n) is 21.3. The van der Waals surface area contributed by atoms with Crippen molar-refractivity contribution in [1.82, 2.24) is 20.0 Å². The molecule has 5 aromatic rings. The summed E-state index contributed by atoms with van der Waals surface area (Å²) < 4.78 is 12.8. The number of imide groups is 2. The van der Waals surface area contributed by atoms with Gasteiger partial charge >= 0.3 is 0 Å². The molecular weight excluding hydrogens is 783 g/mol. The van der Waals surface area contributed by atoms with Crippen molar-refractivity contribution in [3.8, 4) is 11.5 Å². The number of carbonyl (C=O) groups is 5. The van der Waals surface area contributed by atoms with Gasteiger partial charge in [0.2, 0.25) is 11.8 Å². The van der Waals surface area contributed by atoms with Crippen molar-refractivity contribution in [2.75, 3.05) is 31.1 Å². The molecule has 12 heteroatoms. The second kappa shape index (κ2) is 17.3. The number of amides is 5. The van der Waals surface area contributed by atoms with Crippen LogP contribution in [0.15, 0.2) is 109 Å². The molecule has 12 nitrogen and oxygen atoms in total. The van der Waals surface area contributed by atoms with E-state index in [0.29, 0.717) is 43.4 Å². The normalized spacial score (nSPS) is 17.7. The lowest BCUT2D eigenvalue weighted by atomic mass is 9.98. The Morgan fingerprint density at radius 2 is 1.35 bits per heavy atom. The summed E-state index contributed by atoms with van der Waals surface area (Å²) in [6.07, 6.45) is 0.202. The number of hydrogen-bond acceptors (Lipinski definition) is 9. The van der Waals surface area contributed by atoms with E-state index in [1.54, 1.807) is 12.1 Å². The van der Waals surface area contributed by atoms with Crippen LogP contribution in [0.1, 0.15) is 97.1 Å². The molecule has 9 rings (SSSR count). The third-order valence-corrected chi connectivity index (χ3v) is 12.3. The minimum atomic E-state index is -0.992. The number of fused-ring (bicyclic) bond motifs is 2. The summed E-state index contributed by atoms with van der Waals surface area (Å²) in [5, 5.41) is 2.25. The zero-order chi connectivity index (χ0) is 42.9. The smallest absolute Gasteiger partial charge is 0.262 e. The van der Waals surface area contributed by atoms with E-state index < -0.39 is 29.7 Å². The fourth-order valence-corrected chi connectivity index (χ4v) is 8.85. The van der Waals surface area contributed by atoms with Crippen LogP contribution in [0.3, 0.4) is 0 Å². The van der Waals surface area contributed by atoms with Crippen LogP contribution < -0.4 is 19.7 Å². The van der Waals surface area contributed by atoms with Crippen molar-refractivity contribution >= 4 is 35.2 Å². The number of anilines is 1. The molecule has 5 aromatic carbocycles. The largest absolute Gasteiger partial charge is 0.488 e. The monoisotopic (exact) mass is 831 g/mol. The summed E-state index contributed by atoms with van der Waals surface area (Å²) in [6.45, 7) is 9.75. The third-order valence-electron chi connectivity index (χ3n) is 12.3. The van der Waals surface area contributed by atoms with Crippen LogP contribution in [-0.4, -0.2) is 76.5 Å². The Labute approximate surface area is 361 Å². The molecule has 0 saturated carbocycles. The predicted octanol–water partition coefficient (Wildman–Crippen LogP) is 6.85. The summed E-state index contributed by atoms with van der Waals surface area (Å²) in [6, 6.07) is 34.6. The van der Waals surface area contributed by atoms with Gasteiger partial charge in [-0.1, -0.05) is 92.7 Å². The quantitative estimate of drug-likeness (QED) is 0.134. The summed E-state index contributed by atoms with van der Waals surface area (Å²) >= 11 is 0. The Hall–Kier alpha value is -6.79. The van der Waals surface area contributed by atoms with E-state index in [1.807, 2.05) is 83.8 Å². The lowest BCUT2D eigenvalue weighted by Crippen LogP contribution is -2.54. The molecule has 1 N–H and O–H groups in total. The van der Waals surface area contributed by atoms with Gasteiger partial charge < -0.3 is 19.3 Å². The Balaban J connectivity index is 0.851. The second-order valence-electron chi connectivity index (χ2n) is 16.8. The molecular formula is C50H49N5O7. The Morgan fingerprint density at radius 3 is 2.03 bits per heavy atom. The highest BCUT2D eigenvalue weighted by atomic mass is 16.5. The number of piperidine rings is 1. The van der Waals surface area contributed by atoms with Crippen molar-refractivity contribution in [3.05, 3.63) is 159 Å². The number of benzene rings is 5. The minimum Gasteiger partial charge on any atom is -0.488 e. The lowest BCUT2D eigenvalue weighted by molar-refractivity contribution is -0.136. The molecule has 5 amide bonds. The number of hydrogen-bond donors (Lipinski definition) is 1. The number of ether oxygens (including phenoxy) is 2. The van der Waals surface area contributed by atoms with Gasteiger partial charge in [0, 0.05) is 64.0 Å². The molecule has 0 bridgehead atoms. The third kappa shape index (κ3) is 8.30. The second-order valence-corrected chi connectivity index (χ2v) is 16.8. The van der Waals surface area contributed by atoms with Gasteiger partial charge in [-0.3, -0.25) is 39.1 Å². The minimum absolute atomic E-state index is 0.0799. The highest BCUT2D eigenvalue weighted by molar-refractivity contribution is 6.23. The van der Waals surface area contributed by atoms with Crippen molar-refractivity contribution in [1.29, 1.82) is 0 Å². The summed E-state index contributed by atoms with van der Waals surface area (Å²) in [4.78, 5) is 72.8. The van der Waals surface area contributed by atoms with E-state index in [-0.39, 0.29) is 35.8 Å². The van der Waals surface area contributed by atoms with Gasteiger partial charge in [-0.2, -0.15) is 0 Å². The molecule has 62 heavy (non-hydrogen) atoms. The Bertz CT molecular complexity index is 2550. The maximum absolute atomic E-state index is 14.5. The van der Waals surface area contributed by atoms with Crippen LogP contribution in [0.25, 0.3) is 0 Å². The first kappa shape index (κ1) is 40.6. The molecule has 0 aromatic heterocycles. The van der Waals surface area contributed by atoms with Crippen molar-refractivity contribution < 1.29 is 33.4 Å². The molecule has 0 aliphatic carbocycles. The van der Waals surface area contributed by atoms with Gasteiger partial charge in [-0.05, 0) is 70.0 Å². The standard InChI is InChI=1S/C50H49N5O7/c1-32(2)40-25-42(45(62-31-34-11-7-4-8-12-34)26-44(40)61-30-33-9-5-3-6-10-33)48(58)54-28-36-14-13-35(23-37(36)29-54)27-52-19-21-53(22-20-52)38-15-16-39-41(24-38)50(60)55(49(39)59)43-17-18-46(56)51-47(43)57/h3-16,23-26,32,43H,17-22,27-31H2,1-2H3,(H,51,56,57). The van der Waals surface area contributed by atoms with E-state index in [2.05, 4.69) is 47.2 Å². The number of nitrogens with zero attached hydrogens (tertiary/aromatic N) is 4.